The predicted octanol–water partition coefficient (Wildman–Crippen LogP) is 5.65. The van der Waals surface area contributed by atoms with Crippen molar-refractivity contribution in [3.63, 3.8) is 0 Å². The summed E-state index contributed by atoms with van der Waals surface area (Å²) in [4.78, 5) is 59.5. The van der Waals surface area contributed by atoms with E-state index in [0.29, 0.717) is 47.2 Å². The lowest BCUT2D eigenvalue weighted by Gasteiger charge is -2.36. The maximum Gasteiger partial charge on any atom is 0.269 e. The summed E-state index contributed by atoms with van der Waals surface area (Å²) in [5, 5.41) is 19.2. The monoisotopic (exact) mass is 634 g/mol. The van der Waals surface area contributed by atoms with Crippen molar-refractivity contribution in [2.45, 2.75) is 18.0 Å². The molecule has 2 aliphatic rings. The zero-order valence-electron chi connectivity index (χ0n) is 22.8. The lowest BCUT2D eigenvalue weighted by Crippen LogP contribution is -2.54. The van der Waals surface area contributed by atoms with Gasteiger partial charge < -0.3 is 15.1 Å². The molecule has 2 amide bonds. The Kier molecular flexibility index (Phi) is 8.40. The van der Waals surface area contributed by atoms with E-state index in [9.17, 15) is 24.5 Å². The normalized spacial score (nSPS) is 22.0. The average Bonchev–Trinajstić information content (AvgIpc) is 3.81. The van der Waals surface area contributed by atoms with Gasteiger partial charge in [-0.2, -0.15) is 0 Å². The third-order valence-corrected chi connectivity index (χ3v) is 10.1. The number of nitro groups is 1. The van der Waals surface area contributed by atoms with Crippen LogP contribution in [0.4, 0.5) is 5.69 Å². The Balaban J connectivity index is 1.61. The third-order valence-electron chi connectivity index (χ3n) is 8.02. The summed E-state index contributed by atoms with van der Waals surface area (Å²) in [7, 11) is 0. The standard InChI is InChI=1S/C31H27ClN4O5S2/c32-21-7-1-6-20(17-21)29(37)26-25(23-9-3-15-42-23)28(31(39)34-13-11-33-12-14-34)35(30(38)24-10-4-16-43-24)27(26)19-5-2-8-22(18-19)36(40)41/h1-10,15-18,25-28,33H,11-14H2. The number of nitrogens with zero attached hydrogens (tertiary/aromatic N) is 3. The molecule has 9 nitrogen and oxygen atoms in total. The molecule has 4 heterocycles. The minimum Gasteiger partial charge on any atom is -0.338 e. The van der Waals surface area contributed by atoms with Crippen LogP contribution < -0.4 is 5.32 Å². The lowest BCUT2D eigenvalue weighted by molar-refractivity contribution is -0.385. The van der Waals surface area contributed by atoms with E-state index in [1.807, 2.05) is 17.5 Å². The van der Waals surface area contributed by atoms with Gasteiger partial charge in [-0.15, -0.1) is 22.7 Å². The van der Waals surface area contributed by atoms with E-state index >= 15 is 0 Å². The molecule has 2 aliphatic heterocycles. The van der Waals surface area contributed by atoms with Crippen LogP contribution in [0.25, 0.3) is 0 Å². The van der Waals surface area contributed by atoms with Crippen molar-refractivity contribution in [3.05, 3.63) is 120 Å². The molecule has 1 N–H and O–H groups in total. The van der Waals surface area contributed by atoms with Gasteiger partial charge in [0.25, 0.3) is 11.6 Å². The number of benzene rings is 2. The van der Waals surface area contributed by atoms with Crippen LogP contribution >= 0.6 is 34.3 Å². The summed E-state index contributed by atoms with van der Waals surface area (Å²) >= 11 is 8.98. The smallest absolute Gasteiger partial charge is 0.269 e. The molecule has 12 heteroatoms. The van der Waals surface area contributed by atoms with Crippen LogP contribution in [0.1, 0.15) is 42.4 Å². The van der Waals surface area contributed by atoms with E-state index in [-0.39, 0.29) is 17.4 Å². The molecule has 43 heavy (non-hydrogen) atoms. The summed E-state index contributed by atoms with van der Waals surface area (Å²) in [5.41, 5.74) is 0.587. The summed E-state index contributed by atoms with van der Waals surface area (Å²) < 4.78 is 0. The lowest BCUT2D eigenvalue weighted by atomic mass is 9.78. The highest BCUT2D eigenvalue weighted by molar-refractivity contribution is 7.12. The number of piperazine rings is 1. The highest BCUT2D eigenvalue weighted by Gasteiger charge is 2.58. The molecular weight excluding hydrogens is 608 g/mol. The van der Waals surface area contributed by atoms with Crippen molar-refractivity contribution in [2.75, 3.05) is 26.2 Å². The fraction of sp³-hybridized carbons (Fsp3) is 0.258. The summed E-state index contributed by atoms with van der Waals surface area (Å²) in [6, 6.07) is 17.8. The van der Waals surface area contributed by atoms with Crippen molar-refractivity contribution in [1.82, 2.24) is 15.1 Å². The van der Waals surface area contributed by atoms with Crippen LogP contribution in [-0.2, 0) is 4.79 Å². The van der Waals surface area contributed by atoms with Crippen molar-refractivity contribution in [2.24, 2.45) is 5.92 Å². The molecule has 0 radical (unpaired) electrons. The maximum atomic E-state index is 14.6. The number of hydrogen-bond acceptors (Lipinski definition) is 8. The Labute approximate surface area is 260 Å². The highest BCUT2D eigenvalue weighted by Crippen LogP contribution is 2.53. The van der Waals surface area contributed by atoms with Crippen LogP contribution in [0.5, 0.6) is 0 Å². The van der Waals surface area contributed by atoms with Crippen molar-refractivity contribution in [1.29, 1.82) is 0 Å². The van der Waals surface area contributed by atoms with Gasteiger partial charge >= 0.3 is 0 Å². The van der Waals surface area contributed by atoms with Gasteiger partial charge in [-0.1, -0.05) is 48.0 Å². The van der Waals surface area contributed by atoms with Crippen molar-refractivity contribution in [3.8, 4) is 0 Å². The summed E-state index contributed by atoms with van der Waals surface area (Å²) in [6.07, 6.45) is 0. The van der Waals surface area contributed by atoms with E-state index in [2.05, 4.69) is 5.32 Å². The van der Waals surface area contributed by atoms with Gasteiger partial charge in [0.15, 0.2) is 5.78 Å². The Morgan fingerprint density at radius 1 is 0.930 bits per heavy atom. The fourth-order valence-electron chi connectivity index (χ4n) is 6.18. The topological polar surface area (TPSA) is 113 Å². The number of ketones is 1. The number of rotatable bonds is 7. The second kappa shape index (κ2) is 12.4. The molecule has 2 fully saturated rings. The number of thiophene rings is 2. The van der Waals surface area contributed by atoms with E-state index < -0.39 is 34.7 Å². The molecule has 0 aliphatic carbocycles. The number of hydrogen-bond donors (Lipinski definition) is 1. The number of nitrogens with one attached hydrogen (secondary N) is 1. The average molecular weight is 635 g/mol. The first-order valence-electron chi connectivity index (χ1n) is 13.8. The molecule has 2 aromatic heterocycles. The highest BCUT2D eigenvalue weighted by atomic mass is 35.5. The number of nitro benzene ring substituents is 1. The number of carbonyl (C=O) groups is 3. The van der Waals surface area contributed by atoms with Crippen LogP contribution in [0.15, 0.2) is 83.6 Å². The fourth-order valence-corrected chi connectivity index (χ4v) is 7.94. The second-order valence-corrected chi connectivity index (χ2v) is 12.8. The Morgan fingerprint density at radius 2 is 1.67 bits per heavy atom. The predicted molar refractivity (Wildman–Crippen MR) is 166 cm³/mol. The van der Waals surface area contributed by atoms with Crippen molar-refractivity contribution >= 4 is 57.6 Å². The van der Waals surface area contributed by atoms with Gasteiger partial charge in [-0.05, 0) is 40.6 Å². The van der Waals surface area contributed by atoms with Crippen molar-refractivity contribution < 1.29 is 19.3 Å². The number of likely N-dealkylation sites (tertiary alicyclic amines) is 1. The van der Waals surface area contributed by atoms with Crippen LogP contribution in [-0.4, -0.2) is 64.5 Å². The van der Waals surface area contributed by atoms with E-state index in [1.165, 1.54) is 39.7 Å². The molecule has 6 rings (SSSR count). The van der Waals surface area contributed by atoms with Gasteiger partial charge in [-0.25, -0.2) is 0 Å². The summed E-state index contributed by atoms with van der Waals surface area (Å²) in [5.74, 6) is -2.58. The van der Waals surface area contributed by atoms with Gasteiger partial charge in [0.1, 0.15) is 6.04 Å². The van der Waals surface area contributed by atoms with Crippen LogP contribution in [0, 0.1) is 16.0 Å². The maximum absolute atomic E-state index is 14.6. The summed E-state index contributed by atoms with van der Waals surface area (Å²) in [6.45, 7) is 2.14. The molecule has 4 unspecified atom stereocenters. The molecule has 0 saturated carbocycles. The quantitative estimate of drug-likeness (QED) is 0.160. The van der Waals surface area contributed by atoms with Gasteiger partial charge in [0.2, 0.25) is 5.91 Å². The Morgan fingerprint density at radius 3 is 2.35 bits per heavy atom. The number of Topliss-reactive ketones (excluding diaryl/α,β-unsaturated/α-hetero) is 1. The molecule has 0 spiro atoms. The number of amides is 2. The van der Waals surface area contributed by atoms with Gasteiger partial charge in [0, 0.05) is 59.7 Å². The molecule has 0 bridgehead atoms. The molecule has 2 saturated heterocycles. The third kappa shape index (κ3) is 5.61. The zero-order chi connectivity index (χ0) is 30.1. The molecular formula is C31H27ClN4O5S2. The number of non-ortho nitro benzene ring substituents is 1. The second-order valence-electron chi connectivity index (χ2n) is 10.4. The minimum atomic E-state index is -1.02. The molecule has 4 atom stereocenters. The first-order chi connectivity index (χ1) is 20.8. The van der Waals surface area contributed by atoms with E-state index in [1.54, 1.807) is 58.8 Å². The van der Waals surface area contributed by atoms with E-state index in [4.69, 9.17) is 11.6 Å². The van der Waals surface area contributed by atoms with Crippen LogP contribution in [0.3, 0.4) is 0 Å². The van der Waals surface area contributed by atoms with E-state index in [0.717, 1.165) is 4.88 Å². The number of halogens is 1. The van der Waals surface area contributed by atoms with Crippen LogP contribution in [0.2, 0.25) is 5.02 Å². The number of carbonyl (C=O) groups excluding carboxylic acids is 3. The SMILES string of the molecule is O=C(c1cccc(Cl)c1)C1C(c2cccs2)C(C(=O)N2CCNCC2)N(C(=O)c2cccs2)C1c1cccc([N+](=O)[O-])c1. The largest absolute Gasteiger partial charge is 0.338 e. The molecule has 2 aromatic carbocycles. The minimum absolute atomic E-state index is 0.167. The first-order valence-corrected chi connectivity index (χ1v) is 15.9. The first kappa shape index (κ1) is 29.2. The molecule has 4 aromatic rings. The Hall–Kier alpha value is -3.90. The van der Waals surface area contributed by atoms with Gasteiger partial charge in [0.05, 0.1) is 21.8 Å². The van der Waals surface area contributed by atoms with Gasteiger partial charge in [-0.3, -0.25) is 24.5 Å². The zero-order valence-corrected chi connectivity index (χ0v) is 25.2. The molecule has 220 valence electrons. The Bertz CT molecular complexity index is 1660.